The molecule has 22 heavy (non-hydrogen) atoms. The highest BCUT2D eigenvalue weighted by Gasteiger charge is 2.59. The number of hydrogen-bond acceptors (Lipinski definition) is 4. The molecule has 1 saturated carbocycles. The quantitative estimate of drug-likeness (QED) is 0.362. The molecule has 2 aliphatic carbocycles. The van der Waals surface area contributed by atoms with Crippen molar-refractivity contribution >= 4 is 23.2 Å². The third-order valence-electron chi connectivity index (χ3n) is 4.85. The van der Waals surface area contributed by atoms with Gasteiger partial charge in [0.05, 0.1) is 22.4 Å². The van der Waals surface area contributed by atoms with E-state index in [0.717, 1.165) is 23.5 Å². The number of benzene rings is 1. The Balaban J connectivity index is 1.76. The van der Waals surface area contributed by atoms with Crippen LogP contribution >= 0.6 is 0 Å². The Labute approximate surface area is 124 Å². The molecule has 4 atom stereocenters. The predicted octanol–water partition coefficient (Wildman–Crippen LogP) is 2.05. The molecule has 6 nitrogen and oxygen atoms in total. The molecule has 0 aromatic heterocycles. The van der Waals surface area contributed by atoms with Crippen LogP contribution in [0.1, 0.15) is 6.42 Å². The topological polar surface area (TPSA) is 80.5 Å². The number of anilines is 1. The van der Waals surface area contributed by atoms with Gasteiger partial charge in [-0.1, -0.05) is 12.2 Å². The van der Waals surface area contributed by atoms with Crippen molar-refractivity contribution in [3.05, 3.63) is 46.3 Å². The minimum Gasteiger partial charge on any atom is -0.274 e. The molecule has 1 aromatic carbocycles. The van der Waals surface area contributed by atoms with E-state index in [4.69, 9.17) is 0 Å². The summed E-state index contributed by atoms with van der Waals surface area (Å²) in [6.07, 6.45) is 4.74. The van der Waals surface area contributed by atoms with Crippen LogP contribution in [-0.2, 0) is 9.59 Å². The molecule has 1 aliphatic heterocycles. The van der Waals surface area contributed by atoms with Gasteiger partial charge in [-0.2, -0.15) is 4.39 Å². The van der Waals surface area contributed by atoms with Crippen molar-refractivity contribution in [2.45, 2.75) is 6.42 Å². The first kappa shape index (κ1) is 13.1. The summed E-state index contributed by atoms with van der Waals surface area (Å²) in [5.41, 5.74) is -0.673. The van der Waals surface area contributed by atoms with Crippen LogP contribution in [0.25, 0.3) is 0 Å². The molecule has 0 radical (unpaired) electrons. The summed E-state index contributed by atoms with van der Waals surface area (Å²) >= 11 is 0. The Morgan fingerprint density at radius 3 is 2.27 bits per heavy atom. The van der Waals surface area contributed by atoms with Crippen LogP contribution in [0.4, 0.5) is 15.8 Å². The zero-order valence-corrected chi connectivity index (χ0v) is 11.3. The van der Waals surface area contributed by atoms with E-state index in [1.165, 1.54) is 6.07 Å². The average Bonchev–Trinajstić information content (AvgIpc) is 3.14. The van der Waals surface area contributed by atoms with Crippen LogP contribution in [0, 0.1) is 39.6 Å². The Bertz CT molecular complexity index is 730. The molecule has 2 bridgehead atoms. The third-order valence-corrected chi connectivity index (χ3v) is 4.85. The van der Waals surface area contributed by atoms with E-state index in [1.54, 1.807) is 0 Å². The molecule has 3 aliphatic rings. The van der Waals surface area contributed by atoms with Crippen molar-refractivity contribution in [2.24, 2.45) is 23.7 Å². The Kier molecular flexibility index (Phi) is 2.52. The molecule has 7 heteroatoms. The first-order valence-electron chi connectivity index (χ1n) is 6.99. The molecule has 0 spiro atoms. The first-order chi connectivity index (χ1) is 10.5. The molecule has 1 heterocycles. The third kappa shape index (κ3) is 1.53. The number of carbonyl (C=O) groups excluding carboxylic acids is 2. The van der Waals surface area contributed by atoms with Gasteiger partial charge >= 0.3 is 5.69 Å². The number of hydrogen-bond donors (Lipinski definition) is 0. The van der Waals surface area contributed by atoms with Crippen molar-refractivity contribution in [1.82, 2.24) is 0 Å². The summed E-state index contributed by atoms with van der Waals surface area (Å²) in [5.74, 6) is -2.31. The number of fused-ring (bicyclic) bond motifs is 5. The van der Waals surface area contributed by atoms with E-state index in [0.29, 0.717) is 0 Å². The molecule has 2 fully saturated rings. The smallest absolute Gasteiger partial charge is 0.274 e. The van der Waals surface area contributed by atoms with E-state index in [1.807, 2.05) is 12.2 Å². The van der Waals surface area contributed by atoms with Gasteiger partial charge in [0.2, 0.25) is 17.6 Å². The van der Waals surface area contributed by atoms with Gasteiger partial charge in [-0.25, -0.2) is 4.90 Å². The van der Waals surface area contributed by atoms with Crippen LogP contribution in [0.5, 0.6) is 0 Å². The van der Waals surface area contributed by atoms with Gasteiger partial charge in [-0.05, 0) is 30.4 Å². The highest BCUT2D eigenvalue weighted by molar-refractivity contribution is 6.22. The zero-order chi connectivity index (χ0) is 15.6. The lowest BCUT2D eigenvalue weighted by Gasteiger charge is -2.17. The van der Waals surface area contributed by atoms with E-state index in [9.17, 15) is 24.1 Å². The largest absolute Gasteiger partial charge is 0.306 e. The molecular formula is C15H11FN2O4. The lowest BCUT2D eigenvalue weighted by atomic mass is 9.85. The van der Waals surface area contributed by atoms with E-state index < -0.39 is 16.4 Å². The summed E-state index contributed by atoms with van der Waals surface area (Å²) in [7, 11) is 0. The normalized spacial score (nSPS) is 32.0. The first-order valence-corrected chi connectivity index (χ1v) is 6.99. The summed E-state index contributed by atoms with van der Waals surface area (Å²) in [4.78, 5) is 36.1. The fraction of sp³-hybridized carbons (Fsp3) is 0.333. The van der Waals surface area contributed by atoms with Gasteiger partial charge in [0.15, 0.2) is 0 Å². The molecule has 4 rings (SSSR count). The summed E-state index contributed by atoms with van der Waals surface area (Å²) in [6.45, 7) is 0. The molecule has 112 valence electrons. The summed E-state index contributed by atoms with van der Waals surface area (Å²) in [5, 5.41) is 10.8. The fourth-order valence-electron chi connectivity index (χ4n) is 3.94. The van der Waals surface area contributed by atoms with Gasteiger partial charge in [0.25, 0.3) is 0 Å². The average molecular weight is 302 g/mol. The summed E-state index contributed by atoms with van der Waals surface area (Å²) in [6, 6.07) is 3.09. The minimum atomic E-state index is -0.991. The van der Waals surface area contributed by atoms with Crippen LogP contribution in [0.2, 0.25) is 0 Å². The van der Waals surface area contributed by atoms with Crippen LogP contribution in [0.3, 0.4) is 0 Å². The Morgan fingerprint density at radius 2 is 1.73 bits per heavy atom. The van der Waals surface area contributed by atoms with Gasteiger partial charge in [-0.3, -0.25) is 19.7 Å². The second-order valence-electron chi connectivity index (χ2n) is 5.90. The zero-order valence-electron chi connectivity index (χ0n) is 11.3. The molecule has 1 aromatic rings. The highest BCUT2D eigenvalue weighted by atomic mass is 19.1. The van der Waals surface area contributed by atoms with Crippen LogP contribution < -0.4 is 4.90 Å². The number of halogens is 1. The van der Waals surface area contributed by atoms with Crippen LogP contribution in [-0.4, -0.2) is 16.7 Å². The van der Waals surface area contributed by atoms with E-state index in [-0.39, 0.29) is 41.2 Å². The number of nitrogens with zero attached hydrogens (tertiary/aromatic N) is 2. The van der Waals surface area contributed by atoms with Crippen molar-refractivity contribution in [3.8, 4) is 0 Å². The van der Waals surface area contributed by atoms with Crippen molar-refractivity contribution in [3.63, 3.8) is 0 Å². The molecule has 2 amide bonds. The van der Waals surface area contributed by atoms with Gasteiger partial charge in [-0.15, -0.1) is 0 Å². The minimum absolute atomic E-state index is 0.0619. The summed E-state index contributed by atoms with van der Waals surface area (Å²) < 4.78 is 13.4. The number of imide groups is 1. The van der Waals surface area contributed by atoms with Gasteiger partial charge in [0, 0.05) is 6.07 Å². The number of nitro groups is 1. The molecule has 0 unspecified atom stereocenters. The van der Waals surface area contributed by atoms with Crippen molar-refractivity contribution in [1.29, 1.82) is 0 Å². The van der Waals surface area contributed by atoms with Crippen molar-refractivity contribution in [2.75, 3.05) is 4.90 Å². The number of amides is 2. The number of allylic oxidation sites excluding steroid dienone is 2. The van der Waals surface area contributed by atoms with Crippen LogP contribution in [0.15, 0.2) is 30.4 Å². The molecule has 0 N–H and O–H groups in total. The Hall–Kier alpha value is -2.57. The second kappa shape index (κ2) is 4.22. The lowest BCUT2D eigenvalue weighted by Crippen LogP contribution is -2.32. The maximum absolute atomic E-state index is 13.4. The van der Waals surface area contributed by atoms with E-state index in [2.05, 4.69) is 0 Å². The van der Waals surface area contributed by atoms with Crippen molar-refractivity contribution < 1.29 is 18.9 Å². The lowest BCUT2D eigenvalue weighted by molar-refractivity contribution is -0.387. The maximum atomic E-state index is 13.4. The maximum Gasteiger partial charge on any atom is 0.306 e. The van der Waals surface area contributed by atoms with Gasteiger partial charge in [0.1, 0.15) is 0 Å². The molecular weight excluding hydrogens is 291 g/mol. The predicted molar refractivity (Wildman–Crippen MR) is 73.3 cm³/mol. The number of rotatable bonds is 2. The fourth-order valence-corrected chi connectivity index (χ4v) is 3.94. The Morgan fingerprint density at radius 1 is 1.14 bits per heavy atom. The standard InChI is InChI=1S/C15H11FN2O4/c16-10-4-3-9(6-11(10)18(21)22)17-14(19)12-7-1-2-8(5-7)13(12)15(17)20/h1-4,6-8,12-13H,5H2/t7-,8-,12-,13+/m0/s1. The second-order valence-corrected chi connectivity index (χ2v) is 5.90. The highest BCUT2D eigenvalue weighted by Crippen LogP contribution is 2.53. The van der Waals surface area contributed by atoms with Gasteiger partial charge < -0.3 is 0 Å². The van der Waals surface area contributed by atoms with E-state index >= 15 is 0 Å². The number of nitro benzene ring substituents is 1. The molecule has 1 saturated heterocycles. The number of carbonyl (C=O) groups is 2. The monoisotopic (exact) mass is 302 g/mol. The SMILES string of the molecule is O=C1[C@@H]2[C@H](C(=O)N1c1ccc(F)c([N+](=O)[O-])c1)[C@H]1C=C[C@H]2C1.